The molecular weight excluding hydrogens is 418 g/mol. The molecule has 0 spiro atoms. The molecule has 0 fully saturated rings. The van der Waals surface area contributed by atoms with Crippen LogP contribution in [0.3, 0.4) is 0 Å². The van der Waals surface area contributed by atoms with Crippen molar-refractivity contribution in [3.63, 3.8) is 0 Å². The van der Waals surface area contributed by atoms with Gasteiger partial charge in [0.2, 0.25) is 11.8 Å². The quantitative estimate of drug-likeness (QED) is 0.602. The number of anilines is 1. The van der Waals surface area contributed by atoms with Crippen LogP contribution in [0.25, 0.3) is 11.1 Å². The number of oxazole rings is 1. The number of hydrogen-bond acceptors (Lipinski definition) is 4. The lowest BCUT2D eigenvalue weighted by atomic mass is 9.78. The number of fused-ring (bicyclic) bond motifs is 2. The van der Waals surface area contributed by atoms with Crippen LogP contribution in [0.5, 0.6) is 0 Å². The molecule has 1 amide bonds. The average molecular weight is 442 g/mol. The van der Waals surface area contributed by atoms with E-state index >= 15 is 0 Å². The van der Waals surface area contributed by atoms with Crippen LogP contribution in [0.15, 0.2) is 45.3 Å². The maximum Gasteiger partial charge on any atom is 0.244 e. The summed E-state index contributed by atoms with van der Waals surface area (Å²) in [7, 11) is 0. The molecule has 0 radical (unpaired) electrons. The zero-order chi connectivity index (χ0) is 20.1. The molecule has 5 nitrogen and oxygen atoms in total. The summed E-state index contributed by atoms with van der Waals surface area (Å²) in [6.07, 6.45) is 1.93. The topological polar surface area (TPSA) is 81.2 Å². The Hall–Kier alpha value is -2.18. The van der Waals surface area contributed by atoms with Gasteiger partial charge in [-0.2, -0.15) is 0 Å². The molecule has 3 aromatic rings. The predicted octanol–water partition coefficient (Wildman–Crippen LogP) is 4.71. The van der Waals surface area contributed by atoms with Gasteiger partial charge in [0.05, 0.1) is 0 Å². The number of carbonyl (C=O) groups is 1. The van der Waals surface area contributed by atoms with E-state index in [0.29, 0.717) is 30.0 Å². The first-order valence-corrected chi connectivity index (χ1v) is 10.2. The number of nitrogens with zero attached hydrogens (tertiary/aromatic N) is 1. The number of hydrogen-bond donors (Lipinski definition) is 2. The van der Waals surface area contributed by atoms with E-state index in [9.17, 15) is 4.79 Å². The molecule has 146 valence electrons. The number of nitrogens with one attached hydrogen (secondary N) is 1. The Morgan fingerprint density at radius 2 is 2.00 bits per heavy atom. The van der Waals surface area contributed by atoms with Crippen LogP contribution >= 0.6 is 15.9 Å². The van der Waals surface area contributed by atoms with Crippen LogP contribution in [0.2, 0.25) is 0 Å². The molecule has 2 aromatic carbocycles. The van der Waals surface area contributed by atoms with Gasteiger partial charge in [-0.3, -0.25) is 4.79 Å². The number of halogens is 1. The summed E-state index contributed by atoms with van der Waals surface area (Å²) >= 11 is 3.50. The lowest BCUT2D eigenvalue weighted by molar-refractivity contribution is -0.121. The van der Waals surface area contributed by atoms with Gasteiger partial charge in [-0.05, 0) is 60.7 Å². The minimum absolute atomic E-state index is 0.167. The van der Waals surface area contributed by atoms with Crippen LogP contribution in [-0.2, 0) is 23.1 Å². The molecule has 1 atom stereocenters. The second kappa shape index (κ2) is 6.71. The molecule has 0 saturated heterocycles. The van der Waals surface area contributed by atoms with Crippen LogP contribution < -0.4 is 11.1 Å². The first-order valence-electron chi connectivity index (χ1n) is 9.43. The first kappa shape index (κ1) is 19.2. The normalized spacial score (nSPS) is 19.5. The van der Waals surface area contributed by atoms with Gasteiger partial charge in [-0.25, -0.2) is 4.98 Å². The summed E-state index contributed by atoms with van der Waals surface area (Å²) in [5.74, 6) is 0.510. The molecule has 1 aliphatic carbocycles. The van der Waals surface area contributed by atoms with E-state index in [1.165, 1.54) is 5.56 Å². The fraction of sp³-hybridized carbons (Fsp3) is 0.364. The highest BCUT2D eigenvalue weighted by molar-refractivity contribution is 9.10. The average Bonchev–Trinajstić information content (AvgIpc) is 3.06. The van der Waals surface area contributed by atoms with Gasteiger partial charge in [0.25, 0.3) is 0 Å². The number of nitrogens with two attached hydrogens (primary N) is 1. The van der Waals surface area contributed by atoms with Crippen LogP contribution in [0.4, 0.5) is 5.69 Å². The first-order chi connectivity index (χ1) is 13.1. The largest absolute Gasteiger partial charge is 0.440 e. The Bertz CT molecular complexity index is 1070. The van der Waals surface area contributed by atoms with Gasteiger partial charge < -0.3 is 15.5 Å². The predicted molar refractivity (Wildman–Crippen MR) is 114 cm³/mol. The monoisotopic (exact) mass is 441 g/mol. The Balaban J connectivity index is 1.55. The SMILES string of the molecule is CC(C)(C)c1nc2cc(NC(=O)C3(N)CCc4cc(Br)ccc4C3)ccc2o1. The third-order valence-corrected chi connectivity index (χ3v) is 5.75. The van der Waals surface area contributed by atoms with Crippen molar-refractivity contribution in [1.29, 1.82) is 0 Å². The fourth-order valence-corrected chi connectivity index (χ4v) is 3.97. The standard InChI is InChI=1S/C22H24BrN3O2/c1-21(2,3)20-26-17-11-16(6-7-18(17)28-20)25-19(27)22(24)9-8-13-10-15(23)5-4-14(13)12-22/h4-7,10-11H,8-9,12,24H2,1-3H3,(H,25,27). The van der Waals surface area contributed by atoms with E-state index in [-0.39, 0.29) is 11.3 Å². The van der Waals surface area contributed by atoms with Crippen molar-refractivity contribution in [3.05, 3.63) is 57.9 Å². The lowest BCUT2D eigenvalue weighted by Gasteiger charge is -2.33. The number of carbonyl (C=O) groups excluding carboxylic acids is 1. The van der Waals surface area contributed by atoms with Crippen molar-refractivity contribution >= 4 is 38.6 Å². The molecule has 0 aliphatic heterocycles. The number of amides is 1. The summed E-state index contributed by atoms with van der Waals surface area (Å²) in [5, 5.41) is 2.98. The van der Waals surface area contributed by atoms with Gasteiger partial charge in [-0.1, -0.05) is 42.8 Å². The molecule has 0 bridgehead atoms. The summed E-state index contributed by atoms with van der Waals surface area (Å²) in [6, 6.07) is 11.7. The van der Waals surface area contributed by atoms with E-state index in [1.807, 2.05) is 30.3 Å². The van der Waals surface area contributed by atoms with Crippen molar-refractivity contribution in [1.82, 2.24) is 4.98 Å². The molecule has 3 N–H and O–H groups in total. The minimum Gasteiger partial charge on any atom is -0.440 e. The fourth-order valence-electron chi connectivity index (χ4n) is 3.56. The third-order valence-electron chi connectivity index (χ3n) is 5.25. The van der Waals surface area contributed by atoms with Gasteiger partial charge in [0.15, 0.2) is 5.58 Å². The number of aryl methyl sites for hydroxylation is 1. The lowest BCUT2D eigenvalue weighted by Crippen LogP contribution is -2.54. The van der Waals surface area contributed by atoms with E-state index in [4.69, 9.17) is 10.2 Å². The molecule has 1 heterocycles. The zero-order valence-corrected chi connectivity index (χ0v) is 17.9. The molecule has 28 heavy (non-hydrogen) atoms. The van der Waals surface area contributed by atoms with E-state index in [2.05, 4.69) is 53.1 Å². The van der Waals surface area contributed by atoms with Crippen LogP contribution in [0.1, 0.15) is 44.2 Å². The number of aromatic nitrogens is 1. The van der Waals surface area contributed by atoms with Crippen molar-refractivity contribution in [2.75, 3.05) is 5.32 Å². The molecule has 1 aromatic heterocycles. The highest BCUT2D eigenvalue weighted by Crippen LogP contribution is 2.31. The van der Waals surface area contributed by atoms with Crippen molar-refractivity contribution in [2.24, 2.45) is 5.73 Å². The van der Waals surface area contributed by atoms with Crippen LogP contribution in [0, 0.1) is 0 Å². The zero-order valence-electron chi connectivity index (χ0n) is 16.3. The molecular formula is C22H24BrN3O2. The smallest absolute Gasteiger partial charge is 0.244 e. The van der Waals surface area contributed by atoms with Gasteiger partial charge in [0, 0.05) is 15.6 Å². The highest BCUT2D eigenvalue weighted by Gasteiger charge is 2.37. The van der Waals surface area contributed by atoms with Crippen molar-refractivity contribution < 1.29 is 9.21 Å². The van der Waals surface area contributed by atoms with Crippen molar-refractivity contribution in [2.45, 2.75) is 51.0 Å². The van der Waals surface area contributed by atoms with Gasteiger partial charge in [0.1, 0.15) is 11.1 Å². The Kier molecular flexibility index (Phi) is 4.59. The summed E-state index contributed by atoms with van der Waals surface area (Å²) in [5.41, 5.74) is 9.93. The summed E-state index contributed by atoms with van der Waals surface area (Å²) in [4.78, 5) is 17.5. The highest BCUT2D eigenvalue weighted by atomic mass is 79.9. The molecule has 4 rings (SSSR count). The molecule has 6 heteroatoms. The summed E-state index contributed by atoms with van der Waals surface area (Å²) < 4.78 is 6.88. The number of rotatable bonds is 2. The second-order valence-corrected chi connectivity index (χ2v) is 9.57. The van der Waals surface area contributed by atoms with E-state index in [0.717, 1.165) is 22.0 Å². The van der Waals surface area contributed by atoms with Gasteiger partial charge >= 0.3 is 0 Å². The Morgan fingerprint density at radius 1 is 1.21 bits per heavy atom. The summed E-state index contributed by atoms with van der Waals surface area (Å²) in [6.45, 7) is 6.16. The van der Waals surface area contributed by atoms with E-state index < -0.39 is 5.54 Å². The maximum atomic E-state index is 13.0. The van der Waals surface area contributed by atoms with Crippen LogP contribution in [-0.4, -0.2) is 16.4 Å². The Labute approximate surface area is 172 Å². The molecule has 0 saturated carbocycles. The molecule has 1 unspecified atom stereocenters. The van der Waals surface area contributed by atoms with Crippen molar-refractivity contribution in [3.8, 4) is 0 Å². The number of benzene rings is 2. The van der Waals surface area contributed by atoms with Gasteiger partial charge in [-0.15, -0.1) is 0 Å². The molecule has 1 aliphatic rings. The Morgan fingerprint density at radius 3 is 2.75 bits per heavy atom. The minimum atomic E-state index is -0.920. The third kappa shape index (κ3) is 3.59. The van der Waals surface area contributed by atoms with E-state index in [1.54, 1.807) is 0 Å². The maximum absolute atomic E-state index is 13.0. The second-order valence-electron chi connectivity index (χ2n) is 8.65.